The van der Waals surface area contributed by atoms with Gasteiger partial charge in [-0.05, 0) is 36.1 Å². The van der Waals surface area contributed by atoms with Gasteiger partial charge in [0.1, 0.15) is 0 Å². The third-order valence-corrected chi connectivity index (χ3v) is 4.30. The second-order valence-electron chi connectivity index (χ2n) is 4.34. The van der Waals surface area contributed by atoms with Crippen LogP contribution in [0, 0.1) is 6.92 Å². The molecular weight excluding hydrogens is 270 g/mol. The van der Waals surface area contributed by atoms with Gasteiger partial charge in [0.2, 0.25) is 0 Å². The van der Waals surface area contributed by atoms with Crippen LogP contribution in [-0.2, 0) is 22.5 Å². The van der Waals surface area contributed by atoms with Gasteiger partial charge in [-0.25, -0.2) is 8.42 Å². The Kier molecular flexibility index (Phi) is 3.50. The van der Waals surface area contributed by atoms with Gasteiger partial charge in [0, 0.05) is 23.9 Å². The monoisotopic (exact) mass is 283 g/mol. The molecule has 0 unspecified atom stereocenters. The van der Waals surface area contributed by atoms with Crippen LogP contribution in [-0.4, -0.2) is 13.0 Å². The number of aryl methyl sites for hydroxylation is 2. The fourth-order valence-corrected chi connectivity index (χ4v) is 3.13. The molecule has 0 N–H and O–H groups in total. The highest BCUT2D eigenvalue weighted by atomic mass is 35.7. The molecule has 0 amide bonds. The van der Waals surface area contributed by atoms with Gasteiger partial charge < -0.3 is 4.57 Å². The first kappa shape index (κ1) is 13.2. The zero-order chi connectivity index (χ0) is 13.3. The highest BCUT2D eigenvalue weighted by Crippen LogP contribution is 2.20. The molecule has 0 aliphatic rings. The van der Waals surface area contributed by atoms with Crippen LogP contribution >= 0.6 is 10.7 Å². The van der Waals surface area contributed by atoms with Crippen molar-refractivity contribution in [1.29, 1.82) is 0 Å². The molecule has 1 heterocycles. The Hall–Kier alpha value is -1.26. The molecular formula is C13H14ClNO2S. The van der Waals surface area contributed by atoms with E-state index in [0.717, 1.165) is 5.56 Å². The van der Waals surface area contributed by atoms with Crippen LogP contribution in [0.2, 0.25) is 0 Å². The van der Waals surface area contributed by atoms with Crippen LogP contribution in [0.15, 0.2) is 41.6 Å². The Labute approximate surface area is 111 Å². The maximum atomic E-state index is 11.3. The van der Waals surface area contributed by atoms with Crippen LogP contribution in [0.25, 0.3) is 0 Å². The normalized spacial score (nSPS) is 11.7. The van der Waals surface area contributed by atoms with Gasteiger partial charge in [0.15, 0.2) is 5.03 Å². The quantitative estimate of drug-likeness (QED) is 0.813. The average molecular weight is 284 g/mol. The number of hydrogen-bond donors (Lipinski definition) is 0. The molecule has 96 valence electrons. The van der Waals surface area contributed by atoms with Gasteiger partial charge in [-0.1, -0.05) is 24.3 Å². The molecule has 0 saturated heterocycles. The summed E-state index contributed by atoms with van der Waals surface area (Å²) in [6, 6.07) is 9.66. The minimum Gasteiger partial charge on any atom is -0.341 e. The smallest absolute Gasteiger partial charge is 0.276 e. The maximum absolute atomic E-state index is 11.3. The van der Waals surface area contributed by atoms with Crippen molar-refractivity contribution in [2.45, 2.75) is 18.4 Å². The van der Waals surface area contributed by atoms with Crippen molar-refractivity contribution >= 4 is 19.7 Å². The number of benzene rings is 1. The highest BCUT2D eigenvalue weighted by molar-refractivity contribution is 8.13. The van der Waals surface area contributed by atoms with E-state index in [0.29, 0.717) is 6.42 Å². The Bertz CT molecular complexity index is 674. The molecule has 0 aliphatic carbocycles. The first-order chi connectivity index (χ1) is 8.38. The van der Waals surface area contributed by atoms with E-state index in [4.69, 9.17) is 10.7 Å². The van der Waals surface area contributed by atoms with E-state index in [1.54, 1.807) is 19.3 Å². The number of aromatic nitrogens is 1. The third-order valence-electron chi connectivity index (χ3n) is 2.92. The zero-order valence-corrected chi connectivity index (χ0v) is 11.8. The predicted molar refractivity (Wildman–Crippen MR) is 72.4 cm³/mol. The van der Waals surface area contributed by atoms with Gasteiger partial charge in [-0.2, -0.15) is 0 Å². The SMILES string of the molecule is Cc1ccccc1Cc1cc(S(=O)(=O)Cl)n(C)c1. The van der Waals surface area contributed by atoms with E-state index in [1.807, 2.05) is 31.2 Å². The lowest BCUT2D eigenvalue weighted by molar-refractivity contribution is 0.600. The van der Waals surface area contributed by atoms with Crippen molar-refractivity contribution in [2.24, 2.45) is 7.05 Å². The van der Waals surface area contributed by atoms with Gasteiger partial charge in [0.25, 0.3) is 9.05 Å². The molecule has 0 atom stereocenters. The van der Waals surface area contributed by atoms with Gasteiger partial charge in [0.05, 0.1) is 0 Å². The Balaban J connectivity index is 2.35. The van der Waals surface area contributed by atoms with Crippen LogP contribution in [0.5, 0.6) is 0 Å². The van der Waals surface area contributed by atoms with Gasteiger partial charge >= 0.3 is 0 Å². The van der Waals surface area contributed by atoms with E-state index < -0.39 is 9.05 Å². The largest absolute Gasteiger partial charge is 0.341 e. The van der Waals surface area contributed by atoms with Crippen molar-refractivity contribution in [3.8, 4) is 0 Å². The summed E-state index contributed by atoms with van der Waals surface area (Å²) in [6.45, 7) is 2.04. The molecule has 0 saturated carbocycles. The lowest BCUT2D eigenvalue weighted by Gasteiger charge is -2.02. The molecule has 18 heavy (non-hydrogen) atoms. The van der Waals surface area contributed by atoms with Crippen LogP contribution in [0.3, 0.4) is 0 Å². The Morgan fingerprint density at radius 1 is 1.28 bits per heavy atom. The molecule has 0 bridgehead atoms. The van der Waals surface area contributed by atoms with Crippen molar-refractivity contribution in [3.05, 3.63) is 53.2 Å². The van der Waals surface area contributed by atoms with Crippen molar-refractivity contribution in [3.63, 3.8) is 0 Å². The summed E-state index contributed by atoms with van der Waals surface area (Å²) in [7, 11) is 3.36. The van der Waals surface area contributed by atoms with Crippen molar-refractivity contribution in [2.75, 3.05) is 0 Å². The first-order valence-electron chi connectivity index (χ1n) is 5.52. The minimum absolute atomic E-state index is 0.132. The van der Waals surface area contributed by atoms with Crippen molar-refractivity contribution < 1.29 is 8.42 Å². The fraction of sp³-hybridized carbons (Fsp3) is 0.231. The number of nitrogens with zero attached hydrogens (tertiary/aromatic N) is 1. The van der Waals surface area contributed by atoms with E-state index in [-0.39, 0.29) is 5.03 Å². The van der Waals surface area contributed by atoms with Crippen LogP contribution in [0.4, 0.5) is 0 Å². The van der Waals surface area contributed by atoms with Gasteiger partial charge in [-0.3, -0.25) is 0 Å². The topological polar surface area (TPSA) is 39.1 Å². The average Bonchev–Trinajstić information content (AvgIpc) is 2.63. The second kappa shape index (κ2) is 4.78. The maximum Gasteiger partial charge on any atom is 0.276 e. The molecule has 5 heteroatoms. The Morgan fingerprint density at radius 3 is 2.50 bits per heavy atom. The van der Waals surface area contributed by atoms with Gasteiger partial charge in [-0.15, -0.1) is 0 Å². The molecule has 3 nitrogen and oxygen atoms in total. The molecule has 0 aliphatic heterocycles. The molecule has 2 aromatic rings. The van der Waals surface area contributed by atoms with E-state index >= 15 is 0 Å². The summed E-state index contributed by atoms with van der Waals surface area (Å²) >= 11 is 0. The van der Waals surface area contributed by atoms with E-state index in [2.05, 4.69) is 0 Å². The highest BCUT2D eigenvalue weighted by Gasteiger charge is 2.16. The minimum atomic E-state index is -3.68. The summed E-state index contributed by atoms with van der Waals surface area (Å²) in [5.41, 5.74) is 3.31. The van der Waals surface area contributed by atoms with E-state index in [9.17, 15) is 8.42 Å². The number of rotatable bonds is 3. The fourth-order valence-electron chi connectivity index (χ4n) is 1.98. The predicted octanol–water partition coefficient (Wildman–Crippen LogP) is 2.85. The third kappa shape index (κ3) is 2.76. The standard InChI is InChI=1S/C13H14ClNO2S/c1-10-5-3-4-6-12(10)7-11-8-13(15(2)9-11)18(14,16)17/h3-6,8-9H,7H2,1-2H3. The van der Waals surface area contributed by atoms with Crippen molar-refractivity contribution in [1.82, 2.24) is 4.57 Å². The number of halogens is 1. The summed E-state index contributed by atoms with van der Waals surface area (Å²) in [6.07, 6.45) is 2.49. The molecule has 0 fully saturated rings. The molecule has 1 aromatic carbocycles. The summed E-state index contributed by atoms with van der Waals surface area (Å²) < 4.78 is 24.2. The van der Waals surface area contributed by atoms with Crippen LogP contribution < -0.4 is 0 Å². The lowest BCUT2D eigenvalue weighted by atomic mass is 10.0. The van der Waals surface area contributed by atoms with Crippen LogP contribution in [0.1, 0.15) is 16.7 Å². The molecule has 1 aromatic heterocycles. The first-order valence-corrected chi connectivity index (χ1v) is 7.83. The second-order valence-corrected chi connectivity index (χ2v) is 6.85. The summed E-state index contributed by atoms with van der Waals surface area (Å²) in [5, 5.41) is 0.132. The lowest BCUT2D eigenvalue weighted by Crippen LogP contribution is -1.97. The zero-order valence-electron chi connectivity index (χ0n) is 10.2. The molecule has 0 spiro atoms. The number of hydrogen-bond acceptors (Lipinski definition) is 2. The molecule has 0 radical (unpaired) electrons. The summed E-state index contributed by atoms with van der Waals surface area (Å²) in [4.78, 5) is 0. The molecule has 2 rings (SSSR count). The summed E-state index contributed by atoms with van der Waals surface area (Å²) in [5.74, 6) is 0. The Morgan fingerprint density at radius 2 is 1.94 bits per heavy atom. The van der Waals surface area contributed by atoms with E-state index in [1.165, 1.54) is 15.7 Å².